The van der Waals surface area contributed by atoms with Crippen LogP contribution in [0.4, 0.5) is 0 Å². The number of allylic oxidation sites excluding steroid dienone is 2. The van der Waals surface area contributed by atoms with Crippen LogP contribution in [0.15, 0.2) is 12.2 Å². The number of ether oxygens (including phenoxy) is 3. The van der Waals surface area contributed by atoms with Crippen molar-refractivity contribution in [1.29, 1.82) is 0 Å². The van der Waals surface area contributed by atoms with Crippen molar-refractivity contribution in [2.45, 2.75) is 85.9 Å². The van der Waals surface area contributed by atoms with Gasteiger partial charge in [0.05, 0.1) is 19.1 Å². The Balaban J connectivity index is 0.000000381. The third-order valence-electron chi connectivity index (χ3n) is 4.92. The molecule has 0 saturated carbocycles. The summed E-state index contributed by atoms with van der Waals surface area (Å²) in [6.45, 7) is 14.4. The zero-order valence-electron chi connectivity index (χ0n) is 18.8. The summed E-state index contributed by atoms with van der Waals surface area (Å²) in [4.78, 5) is 21.7. The van der Waals surface area contributed by atoms with E-state index in [-0.39, 0.29) is 24.0 Å². The van der Waals surface area contributed by atoms with Crippen molar-refractivity contribution in [1.82, 2.24) is 0 Å². The second kappa shape index (κ2) is 11.5. The van der Waals surface area contributed by atoms with Gasteiger partial charge in [-0.1, -0.05) is 53.2 Å². The normalized spacial score (nSPS) is 27.4. The molecule has 27 heavy (non-hydrogen) atoms. The Morgan fingerprint density at radius 2 is 1.89 bits per heavy atom. The number of carbonyl (C=O) groups is 2. The molecule has 5 nitrogen and oxygen atoms in total. The number of hydrogen-bond acceptors (Lipinski definition) is 5. The Labute approximate surface area is 165 Å². The highest BCUT2D eigenvalue weighted by atomic mass is 16.6. The molecule has 158 valence electrons. The van der Waals surface area contributed by atoms with Crippen LogP contribution < -0.4 is 0 Å². The van der Waals surface area contributed by atoms with Crippen LogP contribution in [0, 0.1) is 17.3 Å². The second-order valence-electron chi connectivity index (χ2n) is 8.59. The molecular formula is C22H40O5. The maximum absolute atomic E-state index is 11.1. The van der Waals surface area contributed by atoms with E-state index < -0.39 is 5.60 Å². The number of carbonyl (C=O) groups excluding carboxylic acids is 2. The van der Waals surface area contributed by atoms with Gasteiger partial charge in [0.15, 0.2) is 5.60 Å². The van der Waals surface area contributed by atoms with E-state index in [9.17, 15) is 9.59 Å². The van der Waals surface area contributed by atoms with Gasteiger partial charge in [0, 0.05) is 7.11 Å². The first-order chi connectivity index (χ1) is 12.4. The minimum Gasteiger partial charge on any atom is -0.467 e. The average Bonchev–Trinajstić information content (AvgIpc) is 3.06. The lowest BCUT2D eigenvalue weighted by Gasteiger charge is -2.23. The number of rotatable bonds is 4. The van der Waals surface area contributed by atoms with E-state index in [0.717, 1.165) is 18.8 Å². The molecule has 1 fully saturated rings. The second-order valence-corrected chi connectivity index (χ2v) is 8.59. The lowest BCUT2D eigenvalue weighted by Crippen LogP contribution is -2.38. The van der Waals surface area contributed by atoms with E-state index in [4.69, 9.17) is 9.47 Å². The van der Waals surface area contributed by atoms with E-state index in [1.807, 2.05) is 20.8 Å². The third kappa shape index (κ3) is 9.41. The van der Waals surface area contributed by atoms with Crippen LogP contribution in [0.3, 0.4) is 0 Å². The third-order valence-corrected chi connectivity index (χ3v) is 4.92. The van der Waals surface area contributed by atoms with Gasteiger partial charge in [-0.3, -0.25) is 4.79 Å². The van der Waals surface area contributed by atoms with Crippen LogP contribution >= 0.6 is 0 Å². The monoisotopic (exact) mass is 384 g/mol. The van der Waals surface area contributed by atoms with E-state index in [1.54, 1.807) is 6.92 Å². The Kier molecular flexibility index (Phi) is 10.9. The molecule has 1 aliphatic heterocycles. The predicted molar refractivity (Wildman–Crippen MR) is 108 cm³/mol. The summed E-state index contributed by atoms with van der Waals surface area (Å²) in [5.74, 6) is 0.592. The van der Waals surface area contributed by atoms with Gasteiger partial charge >= 0.3 is 11.9 Å². The molecule has 0 spiro atoms. The van der Waals surface area contributed by atoms with Crippen molar-refractivity contribution in [3.8, 4) is 0 Å². The van der Waals surface area contributed by atoms with Crippen LogP contribution in [0.5, 0.6) is 0 Å². The van der Waals surface area contributed by atoms with Crippen molar-refractivity contribution >= 4 is 11.9 Å². The van der Waals surface area contributed by atoms with E-state index in [1.165, 1.54) is 20.6 Å². The van der Waals surface area contributed by atoms with Gasteiger partial charge in [0.1, 0.15) is 0 Å². The van der Waals surface area contributed by atoms with Crippen molar-refractivity contribution in [3.05, 3.63) is 12.2 Å². The highest BCUT2D eigenvalue weighted by Gasteiger charge is 2.32. The van der Waals surface area contributed by atoms with Gasteiger partial charge in [-0.2, -0.15) is 0 Å². The summed E-state index contributed by atoms with van der Waals surface area (Å²) in [6, 6.07) is 0. The van der Waals surface area contributed by atoms with Crippen LogP contribution in [0.1, 0.15) is 74.1 Å². The summed E-state index contributed by atoms with van der Waals surface area (Å²) in [6.07, 6.45) is 8.58. The van der Waals surface area contributed by atoms with Crippen molar-refractivity contribution in [2.24, 2.45) is 17.3 Å². The molecule has 0 aromatic rings. The molecule has 0 bridgehead atoms. The first-order valence-corrected chi connectivity index (χ1v) is 9.94. The fraction of sp³-hybridized carbons (Fsp3) is 0.818. The summed E-state index contributed by atoms with van der Waals surface area (Å²) in [5, 5.41) is 0. The largest absolute Gasteiger partial charge is 0.467 e. The minimum absolute atomic E-state index is 0.0440. The van der Waals surface area contributed by atoms with Gasteiger partial charge in [0.25, 0.3) is 0 Å². The molecule has 0 N–H and O–H groups in total. The SMILES string of the molecule is CC1C=CC(C)(C)C1.CC1CC(C)C(=O)O1.CCCC(C)(OC)C(=O)OC. The molecule has 0 radical (unpaired) electrons. The molecular weight excluding hydrogens is 344 g/mol. The summed E-state index contributed by atoms with van der Waals surface area (Å²) in [7, 11) is 2.89. The predicted octanol–water partition coefficient (Wildman–Crippen LogP) is 4.93. The van der Waals surface area contributed by atoms with Gasteiger partial charge < -0.3 is 14.2 Å². The Morgan fingerprint density at radius 1 is 1.30 bits per heavy atom. The van der Waals surface area contributed by atoms with Crippen LogP contribution in [-0.2, 0) is 23.8 Å². The van der Waals surface area contributed by atoms with E-state index >= 15 is 0 Å². The topological polar surface area (TPSA) is 61.8 Å². The standard InChI is InChI=1S/C8H16O3.C8H14.C6H10O2/c1-5-6-8(2,11-4)7(9)10-3;1-7-4-5-8(2,3)6-7;1-4-3-5(2)8-6(4)7/h5-6H2,1-4H3;4-5,7H,6H2,1-3H3;4-5H,3H2,1-2H3. The van der Waals surface area contributed by atoms with Gasteiger partial charge in [-0.05, 0) is 44.4 Å². The Morgan fingerprint density at radius 3 is 2.07 bits per heavy atom. The number of esters is 2. The quantitative estimate of drug-likeness (QED) is 0.508. The molecule has 4 unspecified atom stereocenters. The highest BCUT2D eigenvalue weighted by Crippen LogP contribution is 2.33. The van der Waals surface area contributed by atoms with Gasteiger partial charge in [-0.15, -0.1) is 0 Å². The number of cyclic esters (lactones) is 1. The van der Waals surface area contributed by atoms with Crippen LogP contribution in [0.2, 0.25) is 0 Å². The molecule has 2 aliphatic rings. The summed E-state index contributed by atoms with van der Waals surface area (Å²) in [5.41, 5.74) is -0.275. The van der Waals surface area contributed by atoms with Crippen molar-refractivity contribution < 1.29 is 23.8 Å². The lowest BCUT2D eigenvalue weighted by atomic mass is 9.91. The van der Waals surface area contributed by atoms with Crippen molar-refractivity contribution in [3.63, 3.8) is 0 Å². The highest BCUT2D eigenvalue weighted by molar-refractivity contribution is 5.78. The molecule has 1 heterocycles. The maximum Gasteiger partial charge on any atom is 0.337 e. The molecule has 2 rings (SSSR count). The Bertz CT molecular complexity index is 497. The van der Waals surface area contributed by atoms with Crippen LogP contribution in [0.25, 0.3) is 0 Å². The van der Waals surface area contributed by atoms with Gasteiger partial charge in [0.2, 0.25) is 0 Å². The fourth-order valence-corrected chi connectivity index (χ4v) is 3.33. The summed E-state index contributed by atoms with van der Waals surface area (Å²) >= 11 is 0. The molecule has 0 aromatic carbocycles. The lowest BCUT2D eigenvalue weighted by molar-refractivity contribution is -0.164. The van der Waals surface area contributed by atoms with Gasteiger partial charge in [-0.25, -0.2) is 4.79 Å². The number of hydrogen-bond donors (Lipinski definition) is 0. The minimum atomic E-state index is -0.760. The molecule has 5 heteroatoms. The molecule has 0 amide bonds. The Hall–Kier alpha value is -1.36. The van der Waals surface area contributed by atoms with Crippen LogP contribution in [-0.4, -0.2) is 37.9 Å². The molecule has 1 aliphatic carbocycles. The zero-order chi connectivity index (χ0) is 21.3. The summed E-state index contributed by atoms with van der Waals surface area (Å²) < 4.78 is 14.5. The maximum atomic E-state index is 11.1. The number of methoxy groups -OCH3 is 2. The molecule has 1 saturated heterocycles. The van der Waals surface area contributed by atoms with E-state index in [0.29, 0.717) is 11.8 Å². The zero-order valence-corrected chi connectivity index (χ0v) is 18.8. The first-order valence-electron chi connectivity index (χ1n) is 9.94. The fourth-order valence-electron chi connectivity index (χ4n) is 3.33. The average molecular weight is 385 g/mol. The molecule has 4 atom stereocenters. The van der Waals surface area contributed by atoms with E-state index in [2.05, 4.69) is 37.7 Å². The van der Waals surface area contributed by atoms with Crippen molar-refractivity contribution in [2.75, 3.05) is 14.2 Å². The first kappa shape index (κ1) is 25.6. The molecule has 0 aromatic heterocycles. The smallest absolute Gasteiger partial charge is 0.337 e.